The number of pyridine rings is 2. The lowest BCUT2D eigenvalue weighted by Crippen LogP contribution is -2.62. The molecule has 0 aliphatic carbocycles. The predicted octanol–water partition coefficient (Wildman–Crippen LogP) is 2.86. The van der Waals surface area contributed by atoms with Crippen LogP contribution in [0.4, 0.5) is 14.4 Å². The molecule has 4 aliphatic heterocycles. The van der Waals surface area contributed by atoms with Crippen molar-refractivity contribution in [2.75, 3.05) is 105 Å². The van der Waals surface area contributed by atoms with E-state index in [-0.39, 0.29) is 61.7 Å². The second kappa shape index (κ2) is 21.8. The van der Waals surface area contributed by atoms with Crippen LogP contribution in [0.15, 0.2) is 49.1 Å². The summed E-state index contributed by atoms with van der Waals surface area (Å²) in [4.78, 5) is 55.4. The van der Waals surface area contributed by atoms with Crippen LogP contribution in [0.25, 0.3) is 0 Å². The van der Waals surface area contributed by atoms with Crippen molar-refractivity contribution in [2.24, 2.45) is 0 Å². The van der Waals surface area contributed by atoms with E-state index in [0.717, 1.165) is 18.8 Å². The number of aromatic nitrogens is 2. The van der Waals surface area contributed by atoms with Gasteiger partial charge in [0.25, 0.3) is 0 Å². The zero-order chi connectivity index (χ0) is 36.1. The summed E-state index contributed by atoms with van der Waals surface area (Å²) in [6.45, 7) is 14.5. The Balaban J connectivity index is 0.000000284. The quantitative estimate of drug-likeness (QED) is 0.461. The van der Waals surface area contributed by atoms with Crippen LogP contribution in [0.1, 0.15) is 20.8 Å². The third-order valence-corrected chi connectivity index (χ3v) is 8.69. The molecule has 296 valence electrons. The summed E-state index contributed by atoms with van der Waals surface area (Å²) in [5, 5.41) is 3.33. The van der Waals surface area contributed by atoms with Gasteiger partial charge in [0.2, 0.25) is 0 Å². The molecule has 1 N–H and O–H groups in total. The molecule has 2 aromatic rings. The summed E-state index contributed by atoms with van der Waals surface area (Å²) in [6.07, 6.45) is 6.32. The third-order valence-electron chi connectivity index (χ3n) is 8.69. The molecule has 4 fully saturated rings. The van der Waals surface area contributed by atoms with E-state index in [0.29, 0.717) is 91.1 Å². The summed E-state index contributed by atoms with van der Waals surface area (Å²) >= 11 is 0. The molecule has 0 aromatic carbocycles. The van der Waals surface area contributed by atoms with Gasteiger partial charge >= 0.3 is 18.2 Å². The third kappa shape index (κ3) is 13.5. The number of urea groups is 2. The summed E-state index contributed by atoms with van der Waals surface area (Å²) < 4.78 is 27.8. The molecule has 2 aromatic heterocycles. The van der Waals surface area contributed by atoms with Crippen LogP contribution in [0, 0.1) is 0 Å². The van der Waals surface area contributed by atoms with Gasteiger partial charge in [-0.05, 0) is 45.0 Å². The lowest BCUT2D eigenvalue weighted by molar-refractivity contribution is -0.00399. The average Bonchev–Trinajstić information content (AvgIpc) is 3.17. The van der Waals surface area contributed by atoms with E-state index in [9.17, 15) is 14.4 Å². The van der Waals surface area contributed by atoms with Crippen molar-refractivity contribution in [1.82, 2.24) is 39.8 Å². The van der Waals surface area contributed by atoms with E-state index in [1.54, 1.807) is 45.6 Å². The normalized spacial score (nSPS) is 20.5. The number of carbonyl (C=O) groups is 3. The van der Waals surface area contributed by atoms with E-state index >= 15 is 0 Å². The van der Waals surface area contributed by atoms with Crippen LogP contribution in [0.2, 0.25) is 0 Å². The molecule has 4 aliphatic rings. The van der Waals surface area contributed by atoms with Crippen LogP contribution in [-0.2, 0) is 14.2 Å². The molecular formula is C35H54Cl2N8O8. The highest BCUT2D eigenvalue weighted by atomic mass is 35.5. The van der Waals surface area contributed by atoms with Crippen LogP contribution in [0.5, 0.6) is 11.5 Å². The number of amides is 5. The second-order valence-corrected chi connectivity index (χ2v) is 13.6. The van der Waals surface area contributed by atoms with Crippen LogP contribution >= 0.6 is 24.8 Å². The predicted molar refractivity (Wildman–Crippen MR) is 201 cm³/mol. The van der Waals surface area contributed by atoms with Crippen LogP contribution < -0.4 is 14.8 Å². The van der Waals surface area contributed by atoms with Gasteiger partial charge in [0.15, 0.2) is 0 Å². The highest BCUT2D eigenvalue weighted by Gasteiger charge is 2.37. The Morgan fingerprint density at radius 1 is 0.736 bits per heavy atom. The van der Waals surface area contributed by atoms with Gasteiger partial charge in [0.1, 0.15) is 30.3 Å². The van der Waals surface area contributed by atoms with Gasteiger partial charge < -0.3 is 53.5 Å². The van der Waals surface area contributed by atoms with Crippen LogP contribution in [-0.4, -0.2) is 175 Å². The summed E-state index contributed by atoms with van der Waals surface area (Å²) in [7, 11) is 0. The number of rotatable bonds is 6. The fourth-order valence-electron chi connectivity index (χ4n) is 6.03. The van der Waals surface area contributed by atoms with Gasteiger partial charge in [-0.1, -0.05) is 0 Å². The summed E-state index contributed by atoms with van der Waals surface area (Å²) in [6, 6.07) is 7.11. The molecular weight excluding hydrogens is 731 g/mol. The number of carbonyl (C=O) groups excluding carboxylic acids is 3. The van der Waals surface area contributed by atoms with Crippen molar-refractivity contribution in [3.05, 3.63) is 49.1 Å². The molecule has 6 heterocycles. The van der Waals surface area contributed by atoms with E-state index in [1.165, 1.54) is 0 Å². The first kappa shape index (κ1) is 43.6. The minimum atomic E-state index is -0.570. The molecule has 53 heavy (non-hydrogen) atoms. The molecule has 0 spiro atoms. The van der Waals surface area contributed by atoms with Gasteiger partial charge in [0.05, 0.1) is 50.9 Å². The number of hydrogen-bond acceptors (Lipinski definition) is 11. The lowest BCUT2D eigenvalue weighted by atomic mass is 10.1. The maximum Gasteiger partial charge on any atom is 0.410 e. The fraction of sp³-hybridized carbons (Fsp3) is 0.629. The fourth-order valence-corrected chi connectivity index (χ4v) is 6.03. The topological polar surface area (TPSA) is 151 Å². The Morgan fingerprint density at radius 2 is 1.25 bits per heavy atom. The molecule has 6 rings (SSSR count). The number of ether oxygens (including phenoxy) is 5. The van der Waals surface area contributed by atoms with Crippen molar-refractivity contribution < 1.29 is 38.1 Å². The summed E-state index contributed by atoms with van der Waals surface area (Å²) in [5.41, 5.74) is -0.570. The highest BCUT2D eigenvalue weighted by Crippen LogP contribution is 2.19. The van der Waals surface area contributed by atoms with Gasteiger partial charge in [-0.2, -0.15) is 0 Å². The second-order valence-electron chi connectivity index (χ2n) is 13.6. The van der Waals surface area contributed by atoms with Crippen molar-refractivity contribution in [1.29, 1.82) is 0 Å². The van der Waals surface area contributed by atoms with E-state index in [1.807, 2.05) is 48.8 Å². The number of morpholine rings is 2. The van der Waals surface area contributed by atoms with E-state index < -0.39 is 5.60 Å². The maximum atomic E-state index is 13.1. The van der Waals surface area contributed by atoms with Gasteiger partial charge in [0, 0.05) is 77.8 Å². The van der Waals surface area contributed by atoms with Crippen molar-refractivity contribution >= 4 is 43.0 Å². The molecule has 0 saturated carbocycles. The number of nitrogens with one attached hydrogen (secondary N) is 1. The molecule has 0 radical (unpaired) electrons. The van der Waals surface area contributed by atoms with Gasteiger partial charge in [-0.15, -0.1) is 24.8 Å². The average molecular weight is 786 g/mol. The number of hydrogen-bond donors (Lipinski definition) is 1. The number of nitrogens with zero attached hydrogens (tertiary/aromatic N) is 7. The molecule has 2 atom stereocenters. The first-order valence-electron chi connectivity index (χ1n) is 17.7. The first-order valence-corrected chi connectivity index (χ1v) is 17.7. The SMILES string of the molecule is CC(C)(C)OC(=O)N1CCN(C(=O)N2CCOCC2)C(COc2cccnc2)C1.Cl.Cl.O=C(N1CCOCC1)N1CCNCC1COc1cccnc1. The minimum absolute atomic E-state index is 0. The van der Waals surface area contributed by atoms with Gasteiger partial charge in [-0.3, -0.25) is 9.97 Å². The highest BCUT2D eigenvalue weighted by molar-refractivity contribution is 5.85. The Hall–Kier alpha value is -3.83. The molecule has 2 unspecified atom stereocenters. The molecule has 18 heteroatoms. The minimum Gasteiger partial charge on any atom is -0.490 e. The maximum absolute atomic E-state index is 13.1. The number of halogens is 2. The zero-order valence-corrected chi connectivity index (χ0v) is 32.4. The molecule has 4 saturated heterocycles. The molecule has 5 amide bonds. The standard InChI is InChI=1S/C20H30N4O5.C15H22N4O3.2ClH/c1-20(2,3)29-19(26)23-7-8-24(18(25)22-9-11-27-12-10-22)16(14-23)15-28-17-5-4-6-21-13-17;20-15(18-6-8-21-9-7-18)19-5-4-17-10-13(19)12-22-14-2-1-3-16-11-14;;/h4-6,13,16H,7-12,14-15H2,1-3H3;1-3,11,13,17H,4-10,12H2;2*1H. The largest absolute Gasteiger partial charge is 0.490 e. The van der Waals surface area contributed by atoms with E-state index in [2.05, 4.69) is 15.3 Å². The van der Waals surface area contributed by atoms with E-state index in [4.69, 9.17) is 23.7 Å². The molecule has 16 nitrogen and oxygen atoms in total. The Morgan fingerprint density at radius 3 is 1.74 bits per heavy atom. The van der Waals surface area contributed by atoms with Crippen LogP contribution in [0.3, 0.4) is 0 Å². The Labute approximate surface area is 324 Å². The number of piperazine rings is 2. The smallest absolute Gasteiger partial charge is 0.410 e. The lowest BCUT2D eigenvalue weighted by Gasteiger charge is -2.43. The van der Waals surface area contributed by atoms with Crippen molar-refractivity contribution in [3.8, 4) is 11.5 Å². The first-order chi connectivity index (χ1) is 24.7. The Bertz CT molecular complexity index is 1390. The van der Waals surface area contributed by atoms with Crippen molar-refractivity contribution in [2.45, 2.75) is 38.5 Å². The Kier molecular flexibility index (Phi) is 17.9. The molecule has 0 bridgehead atoms. The monoisotopic (exact) mass is 784 g/mol. The zero-order valence-electron chi connectivity index (χ0n) is 30.8. The van der Waals surface area contributed by atoms with Gasteiger partial charge in [-0.25, -0.2) is 14.4 Å². The van der Waals surface area contributed by atoms with Crippen molar-refractivity contribution in [3.63, 3.8) is 0 Å². The summed E-state index contributed by atoms with van der Waals surface area (Å²) in [5.74, 6) is 1.35.